The van der Waals surface area contributed by atoms with Gasteiger partial charge in [0.15, 0.2) is 5.13 Å². The molecule has 152 valence electrons. The van der Waals surface area contributed by atoms with Crippen LogP contribution in [0.4, 0.5) is 5.13 Å². The van der Waals surface area contributed by atoms with E-state index in [9.17, 15) is 4.79 Å². The summed E-state index contributed by atoms with van der Waals surface area (Å²) in [6, 6.07) is 17.8. The number of amides is 1. The maximum atomic E-state index is 13.7. The van der Waals surface area contributed by atoms with E-state index in [0.29, 0.717) is 17.2 Å². The summed E-state index contributed by atoms with van der Waals surface area (Å²) in [6.45, 7) is 2.52. The van der Waals surface area contributed by atoms with Gasteiger partial charge in [-0.25, -0.2) is 4.98 Å². The van der Waals surface area contributed by atoms with E-state index in [1.807, 2.05) is 48.7 Å². The number of benzene rings is 2. The lowest BCUT2D eigenvalue weighted by atomic mass is 10.2. The first-order chi connectivity index (χ1) is 14.7. The molecular weight excluding hydrogens is 430 g/mol. The van der Waals surface area contributed by atoms with E-state index >= 15 is 0 Å². The summed E-state index contributed by atoms with van der Waals surface area (Å²) < 4.78 is 1.08. The Morgan fingerprint density at radius 3 is 2.67 bits per heavy atom. The van der Waals surface area contributed by atoms with Crippen LogP contribution in [0.1, 0.15) is 22.8 Å². The summed E-state index contributed by atoms with van der Waals surface area (Å²) in [5, 5.41) is 0.705. The second-order valence-electron chi connectivity index (χ2n) is 6.49. The van der Waals surface area contributed by atoms with Gasteiger partial charge >= 0.3 is 0 Å². The normalized spacial score (nSPS) is 11.0. The van der Waals surface area contributed by atoms with Crippen molar-refractivity contribution < 1.29 is 4.79 Å². The molecule has 0 saturated carbocycles. The monoisotopic (exact) mass is 451 g/mol. The number of hydrogen-bond acceptors (Lipinski definition) is 6. The first-order valence-corrected chi connectivity index (χ1v) is 12.6. The fraction of sp³-hybridized carbons (Fsp3) is 0.174. The van der Waals surface area contributed by atoms with Crippen LogP contribution in [0.2, 0.25) is 0 Å². The number of rotatable bonds is 7. The third-order valence-corrected chi connectivity index (χ3v) is 7.32. The minimum Gasteiger partial charge on any atom is -0.279 e. The zero-order valence-electron chi connectivity index (χ0n) is 16.7. The zero-order chi connectivity index (χ0) is 20.9. The molecule has 0 bridgehead atoms. The number of carbonyl (C=O) groups is 1. The second kappa shape index (κ2) is 9.64. The summed E-state index contributed by atoms with van der Waals surface area (Å²) in [7, 11) is 0. The van der Waals surface area contributed by atoms with E-state index in [1.54, 1.807) is 52.2 Å². The Balaban J connectivity index is 1.80. The van der Waals surface area contributed by atoms with Gasteiger partial charge in [0.2, 0.25) is 0 Å². The minimum atomic E-state index is -0.0415. The number of thiazole rings is 1. The SMILES string of the molecule is CCSc1ccccc1C(=O)N(Cc1cccnc1)c1nc2c(SC)cccc2s1. The van der Waals surface area contributed by atoms with Crippen molar-refractivity contribution in [3.63, 3.8) is 0 Å². The summed E-state index contributed by atoms with van der Waals surface area (Å²) in [5.74, 6) is 0.866. The van der Waals surface area contributed by atoms with Gasteiger partial charge < -0.3 is 0 Å². The third-order valence-electron chi connectivity index (χ3n) is 4.55. The van der Waals surface area contributed by atoms with Gasteiger partial charge in [-0.3, -0.25) is 14.7 Å². The predicted octanol–water partition coefficient (Wildman–Crippen LogP) is 6.37. The van der Waals surface area contributed by atoms with Gasteiger partial charge in [-0.05, 0) is 47.9 Å². The Labute approximate surface area is 188 Å². The molecule has 0 radical (unpaired) electrons. The Morgan fingerprint density at radius 2 is 1.90 bits per heavy atom. The van der Waals surface area contributed by atoms with Crippen molar-refractivity contribution >= 4 is 56.1 Å². The highest BCUT2D eigenvalue weighted by Gasteiger charge is 2.24. The molecule has 2 heterocycles. The number of nitrogens with zero attached hydrogens (tertiary/aromatic N) is 3. The number of carbonyl (C=O) groups excluding carboxylic acids is 1. The van der Waals surface area contributed by atoms with E-state index in [-0.39, 0.29) is 5.91 Å². The molecule has 4 rings (SSSR count). The summed E-state index contributed by atoms with van der Waals surface area (Å²) in [4.78, 5) is 26.7. The van der Waals surface area contributed by atoms with E-state index in [1.165, 1.54) is 0 Å². The maximum absolute atomic E-state index is 13.7. The highest BCUT2D eigenvalue weighted by Crippen LogP contribution is 2.36. The minimum absolute atomic E-state index is 0.0415. The molecule has 0 saturated heterocycles. The average Bonchev–Trinajstić information content (AvgIpc) is 3.22. The molecule has 2 aromatic heterocycles. The van der Waals surface area contributed by atoms with Crippen molar-refractivity contribution in [2.45, 2.75) is 23.3 Å². The second-order valence-corrected chi connectivity index (χ2v) is 9.65. The molecule has 0 fully saturated rings. The van der Waals surface area contributed by atoms with Gasteiger partial charge in [-0.2, -0.15) is 0 Å². The Kier molecular flexibility index (Phi) is 6.72. The fourth-order valence-corrected chi connectivity index (χ4v) is 5.58. The van der Waals surface area contributed by atoms with Crippen LogP contribution in [0.25, 0.3) is 10.2 Å². The molecule has 0 aliphatic carbocycles. The van der Waals surface area contributed by atoms with E-state index in [2.05, 4.69) is 24.0 Å². The molecule has 0 unspecified atom stereocenters. The first-order valence-electron chi connectivity index (χ1n) is 9.57. The molecule has 1 amide bonds. The maximum Gasteiger partial charge on any atom is 0.261 e. The van der Waals surface area contributed by atoms with Crippen LogP contribution in [0.3, 0.4) is 0 Å². The number of thioether (sulfide) groups is 2. The number of aromatic nitrogens is 2. The number of anilines is 1. The molecule has 0 N–H and O–H groups in total. The van der Waals surface area contributed by atoms with Gasteiger partial charge in [-0.1, -0.05) is 42.5 Å². The lowest BCUT2D eigenvalue weighted by Crippen LogP contribution is -2.30. The molecular formula is C23H21N3OS3. The van der Waals surface area contributed by atoms with Crippen molar-refractivity contribution in [2.24, 2.45) is 0 Å². The summed E-state index contributed by atoms with van der Waals surface area (Å²) in [5.41, 5.74) is 2.62. The quantitative estimate of drug-likeness (QED) is 0.305. The van der Waals surface area contributed by atoms with Crippen LogP contribution in [0, 0.1) is 0 Å². The van der Waals surface area contributed by atoms with E-state index in [0.717, 1.165) is 31.3 Å². The van der Waals surface area contributed by atoms with Crippen molar-refractivity contribution in [1.29, 1.82) is 0 Å². The van der Waals surface area contributed by atoms with Crippen molar-refractivity contribution in [3.8, 4) is 0 Å². The van der Waals surface area contributed by atoms with Gasteiger partial charge in [-0.15, -0.1) is 23.5 Å². The smallest absolute Gasteiger partial charge is 0.261 e. The standard InChI is InChI=1S/C23H21N3OS3/c1-3-29-18-10-5-4-9-17(18)22(27)26(15-16-8-7-13-24-14-16)23-25-21-19(28-2)11-6-12-20(21)30-23/h4-14H,3,15H2,1-2H3. The van der Waals surface area contributed by atoms with Gasteiger partial charge in [0, 0.05) is 22.2 Å². The molecule has 0 atom stereocenters. The Morgan fingerprint density at radius 1 is 1.07 bits per heavy atom. The van der Waals surface area contributed by atoms with Crippen LogP contribution in [0.5, 0.6) is 0 Å². The number of pyridine rings is 1. The lowest BCUT2D eigenvalue weighted by Gasteiger charge is -2.21. The molecule has 4 aromatic rings. The van der Waals surface area contributed by atoms with Crippen LogP contribution < -0.4 is 4.90 Å². The summed E-state index contributed by atoms with van der Waals surface area (Å²) >= 11 is 4.90. The fourth-order valence-electron chi connectivity index (χ4n) is 3.16. The first kappa shape index (κ1) is 20.9. The lowest BCUT2D eigenvalue weighted by molar-refractivity contribution is 0.0982. The van der Waals surface area contributed by atoms with Crippen LogP contribution >= 0.6 is 34.9 Å². The highest BCUT2D eigenvalue weighted by atomic mass is 32.2. The van der Waals surface area contributed by atoms with Crippen LogP contribution in [-0.4, -0.2) is 27.9 Å². The predicted molar refractivity (Wildman–Crippen MR) is 129 cm³/mol. The molecule has 0 spiro atoms. The number of para-hydroxylation sites is 1. The van der Waals surface area contributed by atoms with Crippen molar-refractivity contribution in [2.75, 3.05) is 16.9 Å². The molecule has 0 aliphatic heterocycles. The molecule has 7 heteroatoms. The highest BCUT2D eigenvalue weighted by molar-refractivity contribution is 7.99. The van der Waals surface area contributed by atoms with Gasteiger partial charge in [0.1, 0.15) is 0 Å². The average molecular weight is 452 g/mol. The largest absolute Gasteiger partial charge is 0.279 e. The Bertz CT molecular complexity index is 1160. The molecule has 0 aliphatic rings. The topological polar surface area (TPSA) is 46.1 Å². The van der Waals surface area contributed by atoms with Gasteiger partial charge in [0.25, 0.3) is 5.91 Å². The summed E-state index contributed by atoms with van der Waals surface area (Å²) in [6.07, 6.45) is 5.59. The third kappa shape index (κ3) is 4.38. The zero-order valence-corrected chi connectivity index (χ0v) is 19.2. The van der Waals surface area contributed by atoms with Crippen molar-refractivity contribution in [3.05, 3.63) is 78.1 Å². The number of fused-ring (bicyclic) bond motifs is 1. The molecule has 30 heavy (non-hydrogen) atoms. The molecule has 4 nitrogen and oxygen atoms in total. The van der Waals surface area contributed by atoms with Crippen LogP contribution in [-0.2, 0) is 6.54 Å². The van der Waals surface area contributed by atoms with E-state index in [4.69, 9.17) is 4.98 Å². The van der Waals surface area contributed by atoms with Crippen molar-refractivity contribution in [1.82, 2.24) is 9.97 Å². The number of hydrogen-bond donors (Lipinski definition) is 0. The molecule has 2 aromatic carbocycles. The van der Waals surface area contributed by atoms with E-state index < -0.39 is 0 Å². The Hall–Kier alpha value is -2.35. The van der Waals surface area contributed by atoms with Gasteiger partial charge in [0.05, 0.1) is 22.3 Å². The van der Waals surface area contributed by atoms with Crippen LogP contribution in [0.15, 0.2) is 76.8 Å².